The molecule has 87 heavy (non-hydrogen) atoms. The highest BCUT2D eigenvalue weighted by molar-refractivity contribution is 7.99. The molecule has 3 saturated heterocycles. The van der Waals surface area contributed by atoms with Crippen LogP contribution >= 0.6 is 11.8 Å². The number of thioether (sulfide) groups is 1. The predicted octanol–water partition coefficient (Wildman–Crippen LogP) is 9.67. The van der Waals surface area contributed by atoms with E-state index in [0.29, 0.717) is 59.6 Å². The lowest BCUT2D eigenvalue weighted by Crippen LogP contribution is -2.61. The summed E-state index contributed by atoms with van der Waals surface area (Å²) in [6, 6.07) is 22.9. The first-order chi connectivity index (χ1) is 41.4. The van der Waals surface area contributed by atoms with E-state index in [1.54, 1.807) is 34.2 Å². The van der Waals surface area contributed by atoms with Gasteiger partial charge in [0.2, 0.25) is 11.8 Å². The molecule has 4 heterocycles. The van der Waals surface area contributed by atoms with E-state index in [1.807, 2.05) is 47.2 Å². The molecule has 2 atom stereocenters. The number of aryl methyl sites for hydroxylation is 1. The van der Waals surface area contributed by atoms with Crippen molar-refractivity contribution in [3.63, 3.8) is 0 Å². The van der Waals surface area contributed by atoms with Gasteiger partial charge in [-0.3, -0.25) is 29.4 Å². The Hall–Kier alpha value is -5.78. The van der Waals surface area contributed by atoms with Crippen LogP contribution in [0.25, 0.3) is 0 Å². The number of anilines is 2. The molecule has 4 aliphatic heterocycles. The molecule has 468 valence electrons. The number of sulfone groups is 1. The lowest BCUT2D eigenvalue weighted by Gasteiger charge is -2.72. The van der Waals surface area contributed by atoms with Gasteiger partial charge in [0.15, 0.2) is 0 Å². The van der Waals surface area contributed by atoms with Crippen molar-refractivity contribution in [1.82, 2.24) is 29.6 Å². The van der Waals surface area contributed by atoms with E-state index in [0.717, 1.165) is 131 Å². The monoisotopic (exact) mass is 1250 g/mol. The number of alkyl halides is 3. The summed E-state index contributed by atoms with van der Waals surface area (Å²) in [5, 5.41) is 5.43. The first kappa shape index (κ1) is 62.8. The molecule has 0 aromatic heterocycles. The van der Waals surface area contributed by atoms with Crippen molar-refractivity contribution >= 4 is 66.6 Å². The van der Waals surface area contributed by atoms with Gasteiger partial charge in [0, 0.05) is 112 Å². The molecule has 3 N–H and O–H groups in total. The summed E-state index contributed by atoms with van der Waals surface area (Å²) in [5.41, 5.74) is 2.06. The summed E-state index contributed by atoms with van der Waals surface area (Å²) in [5.74, 6) is -1.60. The summed E-state index contributed by atoms with van der Waals surface area (Å²) in [6.45, 7) is 16.5. The number of benzene rings is 4. The largest absolute Gasteiger partial charge is 0.501 e. The van der Waals surface area contributed by atoms with E-state index in [2.05, 4.69) is 51.0 Å². The van der Waals surface area contributed by atoms with E-state index < -0.39 is 64.7 Å². The van der Waals surface area contributed by atoms with E-state index >= 15 is 0 Å². The van der Waals surface area contributed by atoms with Gasteiger partial charge in [-0.25, -0.2) is 21.6 Å². The quantitative estimate of drug-likeness (QED) is 0.0276. The molecular formula is C65H81F3N8O8S3. The molecule has 22 heteroatoms. The van der Waals surface area contributed by atoms with Crippen LogP contribution in [-0.2, 0) is 42.4 Å². The van der Waals surface area contributed by atoms with Gasteiger partial charge >= 0.3 is 5.51 Å². The van der Waals surface area contributed by atoms with Crippen molar-refractivity contribution in [3.05, 3.63) is 124 Å². The first-order valence-corrected chi connectivity index (χ1v) is 34.8. The summed E-state index contributed by atoms with van der Waals surface area (Å²) in [4.78, 5) is 61.0. The Labute approximate surface area is 514 Å². The molecule has 2 bridgehead atoms. The number of piperidine rings is 1. The van der Waals surface area contributed by atoms with Crippen molar-refractivity contribution in [2.45, 2.75) is 143 Å². The van der Waals surface area contributed by atoms with Gasteiger partial charge in [-0.15, -0.1) is 11.8 Å². The maximum atomic E-state index is 14.5. The Morgan fingerprint density at radius 1 is 0.782 bits per heavy atom. The number of halogens is 3. The fourth-order valence-electron chi connectivity index (χ4n) is 14.7. The van der Waals surface area contributed by atoms with Gasteiger partial charge in [-0.05, 0) is 165 Å². The average Bonchev–Trinajstić information content (AvgIpc) is 1.07. The minimum Gasteiger partial charge on any atom is -0.380 e. The number of rotatable bonds is 23. The molecule has 12 rings (SSSR count). The topological polar surface area (TPSA) is 189 Å². The Kier molecular flexibility index (Phi) is 18.2. The van der Waals surface area contributed by atoms with Gasteiger partial charge in [0.05, 0.1) is 10.6 Å². The van der Waals surface area contributed by atoms with Crippen LogP contribution in [0.1, 0.15) is 130 Å². The highest BCUT2D eigenvalue weighted by Gasteiger charge is 2.67. The maximum absolute atomic E-state index is 14.5. The van der Waals surface area contributed by atoms with Gasteiger partial charge in [-0.2, -0.15) is 13.2 Å². The number of sulfonamides is 1. The molecule has 4 aromatic rings. The molecule has 3 saturated carbocycles. The average molecular weight is 1260 g/mol. The number of amides is 4. The summed E-state index contributed by atoms with van der Waals surface area (Å²) in [6.07, 6.45) is 12.1. The van der Waals surface area contributed by atoms with Crippen LogP contribution in [0.3, 0.4) is 0 Å². The minimum atomic E-state index is -6.11. The molecule has 16 nitrogen and oxygen atoms in total. The van der Waals surface area contributed by atoms with Gasteiger partial charge in [-0.1, -0.05) is 68.7 Å². The van der Waals surface area contributed by atoms with E-state index in [1.165, 1.54) is 56.0 Å². The number of unbranched alkanes of at least 4 members (excludes halogenated alkanes) is 2. The van der Waals surface area contributed by atoms with Gasteiger partial charge < -0.3 is 24.9 Å². The van der Waals surface area contributed by atoms with Crippen molar-refractivity contribution < 1.29 is 49.2 Å². The molecule has 4 amide bonds. The molecule has 8 aliphatic rings. The van der Waals surface area contributed by atoms with Crippen LogP contribution < -0.4 is 20.3 Å². The summed E-state index contributed by atoms with van der Waals surface area (Å²) >= 11 is 1.46. The maximum Gasteiger partial charge on any atom is 0.501 e. The lowest BCUT2D eigenvalue weighted by molar-refractivity contribution is -0.167. The number of fused-ring (bicyclic) bond motifs is 1. The number of nitrogens with one attached hydrogen (secondary N) is 3. The van der Waals surface area contributed by atoms with Crippen LogP contribution in [0, 0.1) is 16.2 Å². The SMILES string of the molecule is CC1(C)CCC(CN2CCN(c3ccc(C(=O)NS(=O)(=O)c4ccc(N[C@H](CCN5CCN(CCCCCc6cccc7c6CN(C6CCC(=O)NC6=O)C7=O)CC5)CSc5ccccc5)c(S(=O)(=O)C(F)(F)F)c4)cc3)CC2)=C(C23CC(C)(C2)C3)C1. The highest BCUT2D eigenvalue weighted by Crippen LogP contribution is 2.77. The van der Waals surface area contributed by atoms with Crippen molar-refractivity contribution in [2.24, 2.45) is 16.2 Å². The number of allylic oxidation sites excluding steroid dienone is 1. The number of hydrogen-bond acceptors (Lipinski definition) is 14. The minimum absolute atomic E-state index is 0.00729. The third kappa shape index (κ3) is 14.0. The zero-order valence-electron chi connectivity index (χ0n) is 50.1. The number of piperazine rings is 2. The van der Waals surface area contributed by atoms with Crippen LogP contribution in [0.15, 0.2) is 117 Å². The number of imide groups is 1. The fraction of sp³-hybridized carbons (Fsp3) is 0.538. The molecule has 4 aliphatic carbocycles. The normalized spacial score (nSPS) is 24.1. The Bertz CT molecular complexity index is 3490. The second kappa shape index (κ2) is 25.2. The van der Waals surface area contributed by atoms with Crippen LogP contribution in [0.4, 0.5) is 24.5 Å². The van der Waals surface area contributed by atoms with Crippen molar-refractivity contribution in [3.8, 4) is 0 Å². The zero-order valence-corrected chi connectivity index (χ0v) is 52.5. The molecule has 0 radical (unpaired) electrons. The molecule has 0 spiro atoms. The van der Waals surface area contributed by atoms with E-state index in [9.17, 15) is 49.2 Å². The highest BCUT2D eigenvalue weighted by atomic mass is 32.2. The number of hydrogen-bond donors (Lipinski definition) is 3. The van der Waals surface area contributed by atoms with Crippen molar-refractivity contribution in [2.75, 3.05) is 88.0 Å². The summed E-state index contributed by atoms with van der Waals surface area (Å²) < 4.78 is 99.9. The Morgan fingerprint density at radius 2 is 1.47 bits per heavy atom. The van der Waals surface area contributed by atoms with Gasteiger partial charge in [0.1, 0.15) is 10.9 Å². The Balaban J connectivity index is 0.676. The third-order valence-electron chi connectivity index (χ3n) is 19.4. The molecule has 6 fully saturated rings. The van der Waals surface area contributed by atoms with Crippen molar-refractivity contribution in [1.29, 1.82) is 0 Å². The first-order valence-electron chi connectivity index (χ1n) is 30.8. The van der Waals surface area contributed by atoms with E-state index in [-0.39, 0.29) is 23.8 Å². The Morgan fingerprint density at radius 3 is 2.15 bits per heavy atom. The van der Waals surface area contributed by atoms with Crippen LogP contribution in [-0.4, -0.2) is 155 Å². The molecule has 1 unspecified atom stereocenters. The number of nitrogens with zero attached hydrogens (tertiary/aromatic N) is 5. The van der Waals surface area contributed by atoms with Crippen LogP contribution in [0.2, 0.25) is 0 Å². The van der Waals surface area contributed by atoms with Gasteiger partial charge in [0.25, 0.3) is 31.7 Å². The third-order valence-corrected chi connectivity index (χ3v) is 23.4. The number of carbonyl (C=O) groups is 4. The standard InChI is InChI=1S/C65H81F3N8O8S3/c1-62(2)26-24-47(54(38-62)64-42-63(3,43-64)44-64)39-74-33-35-75(36-34-74)49-18-16-46(17-19-49)59(78)71-87(83,84)51-20-21-55(57(37-51)86(81,82)65(66,67)68)69-48(41-85-50-13-7-4-8-14-50)25-28-73-31-29-72(30-32-73)27-9-5-6-11-45-12-10-15-52-53(45)40-76(61(52)80)56-22-23-58(77)70-60(56)79/h4,7-8,10,12-21,37,48,56,69H,5-6,9,11,22-36,38-44H2,1-3H3,(H,71,78)(H,70,77,79)/t48-,56?,63?,64?/m1/s1. The second-order valence-electron chi connectivity index (χ2n) is 26.5. The fourth-order valence-corrected chi connectivity index (χ4v) is 17.8. The molecule has 4 aromatic carbocycles. The number of carbonyl (C=O) groups excluding carboxylic acids is 4. The molecular weight excluding hydrogens is 1170 g/mol. The zero-order chi connectivity index (χ0) is 61.5. The lowest BCUT2D eigenvalue weighted by atomic mass is 9.33. The second-order valence-corrected chi connectivity index (χ2v) is 31.2. The predicted molar refractivity (Wildman–Crippen MR) is 331 cm³/mol. The van der Waals surface area contributed by atoms with E-state index in [4.69, 9.17) is 0 Å². The smallest absolute Gasteiger partial charge is 0.380 e. The van der Waals surface area contributed by atoms with Crippen LogP contribution in [0.5, 0.6) is 0 Å². The summed E-state index contributed by atoms with van der Waals surface area (Å²) in [7, 11) is -11.0.